The first-order valence-corrected chi connectivity index (χ1v) is 11.2. The zero-order chi connectivity index (χ0) is 19.3. The lowest BCUT2D eigenvalue weighted by atomic mass is 9.99. The zero-order valence-corrected chi connectivity index (χ0v) is 17.2. The van der Waals surface area contributed by atoms with Gasteiger partial charge in [-0.25, -0.2) is 4.39 Å². The van der Waals surface area contributed by atoms with Crippen LogP contribution in [0.25, 0.3) is 0 Å². The van der Waals surface area contributed by atoms with Crippen LogP contribution in [0.4, 0.5) is 10.1 Å². The third-order valence-corrected chi connectivity index (χ3v) is 7.07. The van der Waals surface area contributed by atoms with Crippen molar-refractivity contribution in [1.29, 1.82) is 0 Å². The Bertz CT molecular complexity index is 733. The second-order valence-electron chi connectivity index (χ2n) is 7.88. The van der Waals surface area contributed by atoms with Crippen molar-refractivity contribution in [3.63, 3.8) is 0 Å². The summed E-state index contributed by atoms with van der Waals surface area (Å²) >= 11 is 1.81. The molecule has 1 atom stereocenters. The van der Waals surface area contributed by atoms with Crippen molar-refractivity contribution >= 4 is 17.0 Å². The molecule has 6 heteroatoms. The maximum Gasteiger partial charge on any atom is 0.146 e. The number of rotatable bonds is 6. The maximum atomic E-state index is 14.1. The number of nitrogens with zero attached hydrogens (tertiary/aromatic N) is 3. The zero-order valence-electron chi connectivity index (χ0n) is 16.3. The van der Waals surface area contributed by atoms with Gasteiger partial charge in [-0.15, -0.1) is 11.3 Å². The summed E-state index contributed by atoms with van der Waals surface area (Å²) in [5.41, 5.74) is 0.736. The van der Waals surface area contributed by atoms with Gasteiger partial charge in [0, 0.05) is 62.8 Å². The van der Waals surface area contributed by atoms with Gasteiger partial charge in [-0.1, -0.05) is 18.2 Å². The Labute approximate surface area is 171 Å². The van der Waals surface area contributed by atoms with E-state index in [0.717, 1.165) is 64.2 Å². The molecule has 28 heavy (non-hydrogen) atoms. The number of aliphatic hydroxyl groups is 1. The third kappa shape index (κ3) is 4.57. The van der Waals surface area contributed by atoms with E-state index in [9.17, 15) is 9.50 Å². The van der Waals surface area contributed by atoms with Crippen LogP contribution in [0.15, 0.2) is 41.8 Å². The summed E-state index contributed by atoms with van der Waals surface area (Å²) in [4.78, 5) is 8.73. The van der Waals surface area contributed by atoms with Crippen LogP contribution in [0.3, 0.4) is 0 Å². The van der Waals surface area contributed by atoms with Crippen molar-refractivity contribution in [3.8, 4) is 0 Å². The summed E-state index contributed by atoms with van der Waals surface area (Å²) in [5.74, 6) is -0.119. The van der Waals surface area contributed by atoms with Crippen molar-refractivity contribution in [2.75, 3.05) is 44.2 Å². The van der Waals surface area contributed by atoms with E-state index in [1.54, 1.807) is 12.1 Å². The number of hydrogen-bond donors (Lipinski definition) is 1. The minimum Gasteiger partial charge on any atom is -0.396 e. The molecule has 0 unspecified atom stereocenters. The van der Waals surface area contributed by atoms with E-state index in [2.05, 4.69) is 32.2 Å². The minimum absolute atomic E-state index is 0.119. The molecule has 1 N–H and O–H groups in total. The van der Waals surface area contributed by atoms with Gasteiger partial charge in [0.1, 0.15) is 5.82 Å². The molecule has 2 aliphatic rings. The van der Waals surface area contributed by atoms with Gasteiger partial charge in [-0.2, -0.15) is 0 Å². The number of para-hydroxylation sites is 1. The molecule has 2 fully saturated rings. The summed E-state index contributed by atoms with van der Waals surface area (Å²) in [6.45, 7) is 6.20. The number of benzene rings is 1. The topological polar surface area (TPSA) is 30.0 Å². The van der Waals surface area contributed by atoms with Crippen LogP contribution < -0.4 is 4.90 Å². The molecule has 0 radical (unpaired) electrons. The van der Waals surface area contributed by atoms with E-state index in [0.29, 0.717) is 12.1 Å². The summed E-state index contributed by atoms with van der Waals surface area (Å²) in [6.07, 6.45) is 2.98. The quantitative estimate of drug-likeness (QED) is 0.800. The molecule has 0 bridgehead atoms. The Morgan fingerprint density at radius 2 is 1.86 bits per heavy atom. The van der Waals surface area contributed by atoms with Crippen molar-refractivity contribution in [2.45, 2.75) is 37.9 Å². The average molecular weight is 404 g/mol. The molecule has 4 nitrogen and oxygen atoms in total. The van der Waals surface area contributed by atoms with Crippen molar-refractivity contribution in [1.82, 2.24) is 9.80 Å². The standard InChI is InChI=1S/C22H30FN3OS/c23-21-5-1-2-6-22(21)24-10-7-18(8-11-24)25-12-13-26(19(16-25)9-14-27)17-20-4-3-15-28-20/h1-6,15,18-19,27H,7-14,16-17H2/t19-/m0/s1. The molecule has 3 heterocycles. The molecule has 0 amide bonds. The van der Waals surface area contributed by atoms with Crippen LogP contribution in [-0.2, 0) is 6.54 Å². The first kappa shape index (κ1) is 19.8. The van der Waals surface area contributed by atoms with Gasteiger partial charge >= 0.3 is 0 Å². The highest BCUT2D eigenvalue weighted by Gasteiger charge is 2.32. The van der Waals surface area contributed by atoms with Gasteiger partial charge in [-0.3, -0.25) is 9.80 Å². The Balaban J connectivity index is 1.33. The summed E-state index contributed by atoms with van der Waals surface area (Å²) in [7, 11) is 0. The fourth-order valence-electron chi connectivity index (χ4n) is 4.66. The highest BCUT2D eigenvalue weighted by molar-refractivity contribution is 7.09. The van der Waals surface area contributed by atoms with E-state index in [4.69, 9.17) is 0 Å². The maximum absolute atomic E-state index is 14.1. The minimum atomic E-state index is -0.119. The fraction of sp³-hybridized carbons (Fsp3) is 0.545. The van der Waals surface area contributed by atoms with Crippen LogP contribution >= 0.6 is 11.3 Å². The van der Waals surface area contributed by atoms with Gasteiger partial charge in [0.15, 0.2) is 0 Å². The third-order valence-electron chi connectivity index (χ3n) is 6.21. The highest BCUT2D eigenvalue weighted by Crippen LogP contribution is 2.27. The van der Waals surface area contributed by atoms with E-state index in [-0.39, 0.29) is 12.4 Å². The largest absolute Gasteiger partial charge is 0.396 e. The first-order chi connectivity index (χ1) is 13.7. The molecule has 0 saturated carbocycles. The molecule has 1 aromatic heterocycles. The molecule has 0 aliphatic carbocycles. The SMILES string of the molecule is OCC[C@H]1CN(C2CCN(c3ccccc3F)CC2)CCN1Cc1cccs1. The normalized spacial score (nSPS) is 22.6. The number of hydrogen-bond acceptors (Lipinski definition) is 5. The molecule has 0 spiro atoms. The summed E-state index contributed by atoms with van der Waals surface area (Å²) < 4.78 is 14.1. The first-order valence-electron chi connectivity index (χ1n) is 10.4. The van der Waals surface area contributed by atoms with Crippen LogP contribution in [-0.4, -0.2) is 66.3 Å². The Hall–Kier alpha value is -1.47. The molecule has 152 valence electrons. The fourth-order valence-corrected chi connectivity index (χ4v) is 5.39. The van der Waals surface area contributed by atoms with E-state index in [1.807, 2.05) is 23.5 Å². The molecular weight excluding hydrogens is 373 g/mol. The number of piperidine rings is 1. The molecule has 1 aromatic carbocycles. The second-order valence-corrected chi connectivity index (χ2v) is 8.91. The van der Waals surface area contributed by atoms with Gasteiger partial charge < -0.3 is 10.0 Å². The lowest BCUT2D eigenvalue weighted by molar-refractivity contribution is 0.0259. The van der Waals surface area contributed by atoms with Crippen LogP contribution in [0.5, 0.6) is 0 Å². The van der Waals surface area contributed by atoms with Gasteiger partial charge in [-0.05, 0) is 42.8 Å². The lowest BCUT2D eigenvalue weighted by Crippen LogP contribution is -2.57. The lowest BCUT2D eigenvalue weighted by Gasteiger charge is -2.46. The van der Waals surface area contributed by atoms with Gasteiger partial charge in [0.2, 0.25) is 0 Å². The van der Waals surface area contributed by atoms with Crippen LogP contribution in [0, 0.1) is 5.82 Å². The molecule has 2 aromatic rings. The van der Waals surface area contributed by atoms with Gasteiger partial charge in [0.05, 0.1) is 5.69 Å². The monoisotopic (exact) mass is 403 g/mol. The van der Waals surface area contributed by atoms with Crippen molar-refractivity contribution in [2.24, 2.45) is 0 Å². The second kappa shape index (κ2) is 9.35. The number of aliphatic hydroxyl groups excluding tert-OH is 1. The predicted molar refractivity (Wildman–Crippen MR) is 113 cm³/mol. The predicted octanol–water partition coefficient (Wildman–Crippen LogP) is 3.42. The average Bonchev–Trinajstić information content (AvgIpc) is 3.23. The van der Waals surface area contributed by atoms with Crippen LogP contribution in [0.2, 0.25) is 0 Å². The summed E-state index contributed by atoms with van der Waals surface area (Å²) in [5, 5.41) is 11.7. The summed E-state index contributed by atoms with van der Waals surface area (Å²) in [6, 6.07) is 12.4. The Morgan fingerprint density at radius 1 is 1.04 bits per heavy atom. The molecule has 4 rings (SSSR count). The van der Waals surface area contributed by atoms with Crippen molar-refractivity contribution in [3.05, 3.63) is 52.5 Å². The molecule has 2 saturated heterocycles. The van der Waals surface area contributed by atoms with Gasteiger partial charge in [0.25, 0.3) is 0 Å². The number of thiophene rings is 1. The van der Waals surface area contributed by atoms with E-state index in [1.165, 1.54) is 4.88 Å². The number of piperazine rings is 1. The highest BCUT2D eigenvalue weighted by atomic mass is 32.1. The molecule has 2 aliphatic heterocycles. The Morgan fingerprint density at radius 3 is 2.57 bits per heavy atom. The van der Waals surface area contributed by atoms with Crippen molar-refractivity contribution < 1.29 is 9.50 Å². The van der Waals surface area contributed by atoms with E-state index >= 15 is 0 Å². The number of anilines is 1. The Kier molecular flexibility index (Phi) is 6.62. The molecular formula is C22H30FN3OS. The smallest absolute Gasteiger partial charge is 0.146 e. The number of halogens is 1. The van der Waals surface area contributed by atoms with E-state index < -0.39 is 0 Å². The van der Waals surface area contributed by atoms with Crippen LogP contribution in [0.1, 0.15) is 24.1 Å².